The van der Waals surface area contributed by atoms with Gasteiger partial charge in [0.25, 0.3) is 0 Å². The lowest BCUT2D eigenvalue weighted by Gasteiger charge is -2.32. The van der Waals surface area contributed by atoms with E-state index in [4.69, 9.17) is 10.5 Å². The van der Waals surface area contributed by atoms with Gasteiger partial charge in [0.2, 0.25) is 0 Å². The molecule has 24 heavy (non-hydrogen) atoms. The van der Waals surface area contributed by atoms with Gasteiger partial charge in [-0.05, 0) is 30.0 Å². The smallest absolute Gasteiger partial charge is 0.182 e. The van der Waals surface area contributed by atoms with Gasteiger partial charge >= 0.3 is 0 Å². The fourth-order valence-corrected chi connectivity index (χ4v) is 3.46. The van der Waals surface area contributed by atoms with Crippen molar-refractivity contribution in [2.24, 2.45) is 5.73 Å². The van der Waals surface area contributed by atoms with Crippen LogP contribution in [0.1, 0.15) is 29.2 Å². The Hall–Kier alpha value is -2.06. The third-order valence-corrected chi connectivity index (χ3v) is 4.66. The highest BCUT2D eigenvalue weighted by molar-refractivity contribution is 5.70. The van der Waals surface area contributed by atoms with Gasteiger partial charge in [-0.15, -0.1) is 0 Å². The maximum absolute atomic E-state index is 10.1. The van der Waals surface area contributed by atoms with Crippen molar-refractivity contribution in [1.29, 1.82) is 0 Å². The Kier molecular flexibility index (Phi) is 3.93. The van der Waals surface area contributed by atoms with E-state index in [0.29, 0.717) is 19.8 Å². The molecule has 7 heteroatoms. The van der Waals surface area contributed by atoms with Crippen molar-refractivity contribution >= 4 is 5.82 Å². The third kappa shape index (κ3) is 2.55. The van der Waals surface area contributed by atoms with E-state index < -0.39 is 12.5 Å². The summed E-state index contributed by atoms with van der Waals surface area (Å²) in [5, 5.41) is 19.8. The number of aromatic nitrogens is 2. The second kappa shape index (κ2) is 6.10. The number of anilines is 1. The van der Waals surface area contributed by atoms with Gasteiger partial charge < -0.3 is 19.8 Å². The highest BCUT2D eigenvalue weighted by Gasteiger charge is 2.25. The number of aliphatic hydroxyl groups excluding tert-OH is 2. The summed E-state index contributed by atoms with van der Waals surface area (Å²) in [6.45, 7) is 1.44. The lowest BCUT2D eigenvalue weighted by atomic mass is 9.94. The Morgan fingerprint density at radius 2 is 2.21 bits per heavy atom. The Morgan fingerprint density at radius 1 is 1.33 bits per heavy atom. The first-order valence-corrected chi connectivity index (χ1v) is 8.07. The number of aliphatic hydroxyl groups is 2. The summed E-state index contributed by atoms with van der Waals surface area (Å²) in [5.41, 5.74) is 10.3. The van der Waals surface area contributed by atoms with Crippen LogP contribution in [0.5, 0.6) is 0 Å². The molecule has 2 aromatic heterocycles. The number of aryl methyl sites for hydroxylation is 1. The Morgan fingerprint density at radius 3 is 3.04 bits per heavy atom. The number of nitrogens with two attached hydrogens (primary N) is 1. The maximum atomic E-state index is 10.1. The normalized spacial score (nSPS) is 21.1. The Labute approximate surface area is 139 Å². The minimum absolute atomic E-state index is 0.296. The van der Waals surface area contributed by atoms with Crippen molar-refractivity contribution in [1.82, 2.24) is 9.97 Å². The fourth-order valence-electron chi connectivity index (χ4n) is 3.46. The minimum Gasteiger partial charge on any atom is -0.386 e. The van der Waals surface area contributed by atoms with Gasteiger partial charge in [-0.25, -0.2) is 4.98 Å². The van der Waals surface area contributed by atoms with Gasteiger partial charge in [0, 0.05) is 41.8 Å². The molecule has 2 unspecified atom stereocenters. The van der Waals surface area contributed by atoms with Gasteiger partial charge in [-0.3, -0.25) is 10.7 Å². The standard InChI is InChI=1S/C17H20N4O3/c18-17(23)21-3-1-2-10-4-11(5-20-16(10)21)12-6-19-7-13-14(12)8-24-9-15(13)22/h4-7,15,17,22-23H,1-3,8-9,18H2. The van der Waals surface area contributed by atoms with Crippen LogP contribution in [-0.4, -0.2) is 39.7 Å². The quantitative estimate of drug-likeness (QED) is 0.697. The molecule has 0 fully saturated rings. The second-order valence-electron chi connectivity index (χ2n) is 6.20. The van der Waals surface area contributed by atoms with Gasteiger partial charge in [0.1, 0.15) is 11.9 Å². The zero-order valence-corrected chi connectivity index (χ0v) is 13.2. The molecule has 0 aromatic carbocycles. The number of hydrogen-bond donors (Lipinski definition) is 3. The molecule has 4 heterocycles. The molecular formula is C17H20N4O3. The van der Waals surface area contributed by atoms with Crippen molar-refractivity contribution in [2.75, 3.05) is 18.1 Å². The highest BCUT2D eigenvalue weighted by Crippen LogP contribution is 2.35. The molecule has 2 atom stereocenters. The molecule has 0 spiro atoms. The molecule has 4 N–H and O–H groups in total. The van der Waals surface area contributed by atoms with E-state index in [9.17, 15) is 10.2 Å². The largest absolute Gasteiger partial charge is 0.386 e. The number of hydrogen-bond acceptors (Lipinski definition) is 7. The fraction of sp³-hybridized carbons (Fsp3) is 0.412. The van der Waals surface area contributed by atoms with Crippen molar-refractivity contribution in [3.63, 3.8) is 0 Å². The number of pyridine rings is 2. The predicted octanol–water partition coefficient (Wildman–Crippen LogP) is 0.694. The van der Waals surface area contributed by atoms with Crippen molar-refractivity contribution < 1.29 is 14.9 Å². The monoisotopic (exact) mass is 328 g/mol. The average molecular weight is 328 g/mol. The molecule has 2 aromatic rings. The van der Waals surface area contributed by atoms with E-state index in [1.54, 1.807) is 23.5 Å². The molecular weight excluding hydrogens is 308 g/mol. The summed E-state index contributed by atoms with van der Waals surface area (Å²) >= 11 is 0. The van der Waals surface area contributed by atoms with E-state index in [-0.39, 0.29) is 0 Å². The van der Waals surface area contributed by atoms with Gasteiger partial charge in [-0.2, -0.15) is 0 Å². The molecule has 0 radical (unpaired) electrons. The van der Waals surface area contributed by atoms with E-state index >= 15 is 0 Å². The van der Waals surface area contributed by atoms with Crippen LogP contribution in [0, 0.1) is 0 Å². The van der Waals surface area contributed by atoms with E-state index in [0.717, 1.165) is 46.5 Å². The molecule has 2 aliphatic heterocycles. The molecule has 0 saturated carbocycles. The van der Waals surface area contributed by atoms with Gasteiger partial charge in [0.05, 0.1) is 13.2 Å². The number of ether oxygens (including phenoxy) is 1. The zero-order chi connectivity index (χ0) is 16.7. The second-order valence-corrected chi connectivity index (χ2v) is 6.20. The van der Waals surface area contributed by atoms with Crippen LogP contribution in [0.4, 0.5) is 5.82 Å². The van der Waals surface area contributed by atoms with Crippen molar-refractivity contribution in [3.8, 4) is 11.1 Å². The van der Waals surface area contributed by atoms with Crippen molar-refractivity contribution in [2.45, 2.75) is 31.9 Å². The summed E-state index contributed by atoms with van der Waals surface area (Å²) in [6, 6.07) is 2.06. The average Bonchev–Trinajstić information content (AvgIpc) is 2.60. The molecule has 0 saturated heterocycles. The van der Waals surface area contributed by atoms with Gasteiger partial charge in [-0.1, -0.05) is 0 Å². The summed E-state index contributed by atoms with van der Waals surface area (Å²) in [7, 11) is 0. The molecule has 0 amide bonds. The Balaban J connectivity index is 1.78. The topological polar surface area (TPSA) is 105 Å². The SMILES string of the molecule is NC(O)N1CCCc2cc(-c3cncc4c3COCC4O)cnc21. The molecule has 0 aliphatic carbocycles. The van der Waals surface area contributed by atoms with E-state index in [2.05, 4.69) is 16.0 Å². The molecule has 0 bridgehead atoms. The van der Waals surface area contributed by atoms with E-state index in [1.807, 2.05) is 0 Å². The minimum atomic E-state index is -1.04. The number of rotatable bonds is 2. The molecule has 2 aliphatic rings. The van der Waals surface area contributed by atoms with Crippen LogP contribution in [0.3, 0.4) is 0 Å². The lowest BCUT2D eigenvalue weighted by molar-refractivity contribution is 0.00981. The first-order valence-electron chi connectivity index (χ1n) is 8.07. The maximum Gasteiger partial charge on any atom is 0.182 e. The van der Waals surface area contributed by atoms with Crippen LogP contribution < -0.4 is 10.6 Å². The first kappa shape index (κ1) is 15.5. The van der Waals surface area contributed by atoms with E-state index in [1.165, 1.54) is 0 Å². The summed E-state index contributed by atoms with van der Waals surface area (Å²) < 4.78 is 5.48. The van der Waals surface area contributed by atoms with Crippen LogP contribution in [0.2, 0.25) is 0 Å². The Bertz CT molecular complexity index is 765. The van der Waals surface area contributed by atoms with Crippen LogP contribution in [0.15, 0.2) is 24.7 Å². The lowest BCUT2D eigenvalue weighted by Crippen LogP contribution is -2.45. The van der Waals surface area contributed by atoms with Crippen molar-refractivity contribution in [3.05, 3.63) is 41.3 Å². The summed E-state index contributed by atoms with van der Waals surface area (Å²) in [5.74, 6) is 0.731. The van der Waals surface area contributed by atoms with Gasteiger partial charge in [0.15, 0.2) is 6.35 Å². The number of fused-ring (bicyclic) bond motifs is 2. The highest BCUT2D eigenvalue weighted by atomic mass is 16.5. The summed E-state index contributed by atoms with van der Waals surface area (Å²) in [6.07, 6.45) is 5.36. The first-order chi connectivity index (χ1) is 11.6. The third-order valence-electron chi connectivity index (χ3n) is 4.66. The van der Waals surface area contributed by atoms with Crippen LogP contribution in [-0.2, 0) is 17.8 Å². The molecule has 7 nitrogen and oxygen atoms in total. The number of nitrogens with zero attached hydrogens (tertiary/aromatic N) is 3. The predicted molar refractivity (Wildman–Crippen MR) is 87.9 cm³/mol. The summed E-state index contributed by atoms with van der Waals surface area (Å²) in [4.78, 5) is 10.5. The zero-order valence-electron chi connectivity index (χ0n) is 13.2. The molecule has 126 valence electrons. The molecule has 4 rings (SSSR count). The van der Waals surface area contributed by atoms with Crippen LogP contribution in [0.25, 0.3) is 11.1 Å². The van der Waals surface area contributed by atoms with Crippen LogP contribution >= 0.6 is 0 Å².